The summed E-state index contributed by atoms with van der Waals surface area (Å²) in [6.07, 6.45) is 6.54. The van der Waals surface area contributed by atoms with E-state index in [0.717, 1.165) is 16.6 Å². The van der Waals surface area contributed by atoms with Gasteiger partial charge in [-0.15, -0.1) is 0 Å². The lowest BCUT2D eigenvalue weighted by Gasteiger charge is -2.11. The average Bonchev–Trinajstić information content (AvgIpc) is 3.54. The molecular weight excluding hydrogens is 452 g/mol. The van der Waals surface area contributed by atoms with E-state index >= 15 is 0 Å². The van der Waals surface area contributed by atoms with E-state index in [0.29, 0.717) is 16.8 Å². The first-order chi connectivity index (χ1) is 16.4. The van der Waals surface area contributed by atoms with Gasteiger partial charge in [0.2, 0.25) is 9.84 Å². The molecule has 0 spiro atoms. The van der Waals surface area contributed by atoms with Crippen molar-refractivity contribution in [2.45, 2.75) is 23.3 Å². The molecule has 2 N–H and O–H groups in total. The summed E-state index contributed by atoms with van der Waals surface area (Å²) in [5.41, 5.74) is 3.22. The maximum absolute atomic E-state index is 13.2. The number of rotatable bonds is 6. The molecule has 34 heavy (non-hydrogen) atoms. The summed E-state index contributed by atoms with van der Waals surface area (Å²) in [6.45, 7) is 2.01. The van der Waals surface area contributed by atoms with Crippen LogP contribution in [0, 0.1) is 6.92 Å². The minimum atomic E-state index is -3.70. The summed E-state index contributed by atoms with van der Waals surface area (Å²) >= 11 is 0. The number of aromatic amines is 1. The Bertz CT molecular complexity index is 1590. The number of nitrogens with zero attached hydrogens (tertiary/aromatic N) is 4. The first-order valence-corrected chi connectivity index (χ1v) is 11.9. The second-order valence-corrected chi connectivity index (χ2v) is 9.68. The zero-order valence-electron chi connectivity index (χ0n) is 18.1. The lowest BCUT2D eigenvalue weighted by molar-refractivity contribution is 0.0950. The Labute approximate surface area is 195 Å². The van der Waals surface area contributed by atoms with Gasteiger partial charge in [0.1, 0.15) is 0 Å². The molecule has 1 amide bonds. The fourth-order valence-electron chi connectivity index (χ4n) is 3.66. The van der Waals surface area contributed by atoms with Crippen LogP contribution >= 0.6 is 0 Å². The number of hydrogen-bond donors (Lipinski definition) is 2. The molecule has 0 radical (unpaired) electrons. The normalized spacial score (nSPS) is 11.6. The molecule has 0 saturated carbocycles. The summed E-state index contributed by atoms with van der Waals surface area (Å²) in [5.74, 6) is -0.278. The third-order valence-corrected chi connectivity index (χ3v) is 7.39. The highest BCUT2D eigenvalue weighted by Gasteiger charge is 2.20. The van der Waals surface area contributed by atoms with Gasteiger partial charge in [0, 0.05) is 30.5 Å². The summed E-state index contributed by atoms with van der Waals surface area (Å²) in [4.78, 5) is 17.1. The van der Waals surface area contributed by atoms with E-state index < -0.39 is 9.84 Å². The molecule has 0 aliphatic heterocycles. The predicted octanol–water partition coefficient (Wildman–Crippen LogP) is 3.21. The standard InChI is InChI=1S/C24H20N6O3S/c1-16-11-20(30-10-2-9-28-30)5-8-22(16)34(32,33)21-6-3-17(4-7-21)13-26-24(31)19-12-18-15-27-29-23(18)25-14-19/h2-12,14-15H,13H2,1H3,(H,26,31)(H,25,27,29). The molecule has 3 heterocycles. The van der Waals surface area contributed by atoms with Gasteiger partial charge in [-0.2, -0.15) is 10.2 Å². The highest BCUT2D eigenvalue weighted by atomic mass is 32.2. The Balaban J connectivity index is 1.29. The van der Waals surface area contributed by atoms with Gasteiger partial charge in [0.25, 0.3) is 5.91 Å². The molecule has 5 aromatic rings. The lowest BCUT2D eigenvalue weighted by Crippen LogP contribution is -2.22. The SMILES string of the molecule is Cc1cc(-n2cccn2)ccc1S(=O)(=O)c1ccc(CNC(=O)c2cnc3[nH]ncc3c2)cc1. The van der Waals surface area contributed by atoms with E-state index in [-0.39, 0.29) is 22.2 Å². The topological polar surface area (TPSA) is 123 Å². The minimum Gasteiger partial charge on any atom is -0.348 e. The number of aryl methyl sites for hydroxylation is 1. The number of amides is 1. The Morgan fingerprint density at radius 3 is 2.65 bits per heavy atom. The molecule has 0 bridgehead atoms. The van der Waals surface area contributed by atoms with Crippen molar-refractivity contribution in [3.05, 3.63) is 96.1 Å². The molecule has 0 aliphatic carbocycles. The summed E-state index contributed by atoms with van der Waals surface area (Å²) in [7, 11) is -3.70. The Morgan fingerprint density at radius 1 is 1.09 bits per heavy atom. The molecule has 3 aromatic heterocycles. The van der Waals surface area contributed by atoms with Crippen LogP contribution in [-0.4, -0.2) is 39.3 Å². The van der Waals surface area contributed by atoms with Gasteiger partial charge in [-0.1, -0.05) is 12.1 Å². The van der Waals surface area contributed by atoms with Gasteiger partial charge in [-0.05, 0) is 60.5 Å². The van der Waals surface area contributed by atoms with Crippen LogP contribution in [0.3, 0.4) is 0 Å². The number of nitrogens with one attached hydrogen (secondary N) is 2. The van der Waals surface area contributed by atoms with Crippen LogP contribution in [0.4, 0.5) is 0 Å². The molecular formula is C24H20N6O3S. The second kappa shape index (κ2) is 8.56. The molecule has 9 nitrogen and oxygen atoms in total. The fraction of sp³-hybridized carbons (Fsp3) is 0.0833. The van der Waals surface area contributed by atoms with Crippen LogP contribution in [0.1, 0.15) is 21.5 Å². The Kier molecular flexibility index (Phi) is 5.42. The smallest absolute Gasteiger partial charge is 0.253 e. The number of aromatic nitrogens is 5. The quantitative estimate of drug-likeness (QED) is 0.391. The van der Waals surface area contributed by atoms with Crippen molar-refractivity contribution in [3.63, 3.8) is 0 Å². The molecule has 2 aromatic carbocycles. The molecule has 0 fully saturated rings. The van der Waals surface area contributed by atoms with E-state index in [4.69, 9.17) is 0 Å². The molecule has 0 atom stereocenters. The molecule has 170 valence electrons. The van der Waals surface area contributed by atoms with Crippen LogP contribution in [0.5, 0.6) is 0 Å². The highest BCUT2D eigenvalue weighted by Crippen LogP contribution is 2.26. The Hall–Kier alpha value is -4.31. The molecule has 0 saturated heterocycles. The minimum absolute atomic E-state index is 0.187. The highest BCUT2D eigenvalue weighted by molar-refractivity contribution is 7.91. The monoisotopic (exact) mass is 472 g/mol. The van der Waals surface area contributed by atoms with Crippen LogP contribution in [0.15, 0.2) is 89.2 Å². The van der Waals surface area contributed by atoms with Crippen molar-refractivity contribution in [1.82, 2.24) is 30.3 Å². The van der Waals surface area contributed by atoms with Crippen LogP contribution in [0.25, 0.3) is 16.7 Å². The number of carbonyl (C=O) groups excluding carboxylic acids is 1. The third-order valence-electron chi connectivity index (χ3n) is 5.46. The van der Waals surface area contributed by atoms with E-state index in [1.54, 1.807) is 84.8 Å². The summed E-state index contributed by atoms with van der Waals surface area (Å²) < 4.78 is 28.1. The van der Waals surface area contributed by atoms with Crippen LogP contribution in [-0.2, 0) is 16.4 Å². The van der Waals surface area contributed by atoms with Crippen molar-refractivity contribution in [3.8, 4) is 5.69 Å². The fourth-order valence-corrected chi connectivity index (χ4v) is 5.14. The molecule has 0 aliphatic rings. The summed E-state index contributed by atoms with van der Waals surface area (Å²) in [6, 6.07) is 15.1. The van der Waals surface area contributed by atoms with Crippen molar-refractivity contribution in [1.29, 1.82) is 0 Å². The van der Waals surface area contributed by atoms with Gasteiger partial charge in [-0.25, -0.2) is 18.1 Å². The first-order valence-electron chi connectivity index (χ1n) is 10.4. The zero-order chi connectivity index (χ0) is 23.7. The maximum atomic E-state index is 13.2. The van der Waals surface area contributed by atoms with E-state index in [2.05, 4.69) is 25.6 Å². The van der Waals surface area contributed by atoms with Crippen molar-refractivity contribution in [2.75, 3.05) is 0 Å². The van der Waals surface area contributed by atoms with E-state index in [1.807, 2.05) is 0 Å². The van der Waals surface area contributed by atoms with Crippen molar-refractivity contribution >= 4 is 26.8 Å². The largest absolute Gasteiger partial charge is 0.348 e. The average molecular weight is 473 g/mol. The van der Waals surface area contributed by atoms with Crippen LogP contribution in [0.2, 0.25) is 0 Å². The van der Waals surface area contributed by atoms with Gasteiger partial charge in [0.15, 0.2) is 5.65 Å². The number of hydrogen-bond acceptors (Lipinski definition) is 6. The first kappa shape index (κ1) is 21.5. The number of sulfone groups is 1. The van der Waals surface area contributed by atoms with Gasteiger partial charge in [-0.3, -0.25) is 9.89 Å². The van der Waals surface area contributed by atoms with Gasteiger partial charge < -0.3 is 5.32 Å². The second-order valence-electron chi connectivity index (χ2n) is 7.76. The van der Waals surface area contributed by atoms with E-state index in [9.17, 15) is 13.2 Å². The van der Waals surface area contributed by atoms with Crippen molar-refractivity contribution < 1.29 is 13.2 Å². The number of carbonyl (C=O) groups is 1. The summed E-state index contributed by atoms with van der Waals surface area (Å²) in [5, 5.41) is 14.4. The van der Waals surface area contributed by atoms with Gasteiger partial charge >= 0.3 is 0 Å². The third kappa shape index (κ3) is 4.06. The zero-order valence-corrected chi connectivity index (χ0v) is 19.0. The number of benzene rings is 2. The molecule has 5 rings (SSSR count). The number of fused-ring (bicyclic) bond motifs is 1. The lowest BCUT2D eigenvalue weighted by atomic mass is 10.2. The van der Waals surface area contributed by atoms with Crippen molar-refractivity contribution in [2.24, 2.45) is 0 Å². The maximum Gasteiger partial charge on any atom is 0.253 e. The number of pyridine rings is 1. The number of H-pyrrole nitrogens is 1. The molecule has 0 unspecified atom stereocenters. The van der Waals surface area contributed by atoms with Crippen LogP contribution < -0.4 is 5.32 Å². The Morgan fingerprint density at radius 2 is 1.91 bits per heavy atom. The van der Waals surface area contributed by atoms with Gasteiger partial charge in [0.05, 0.1) is 27.2 Å². The van der Waals surface area contributed by atoms with E-state index in [1.165, 1.54) is 6.20 Å². The molecule has 10 heteroatoms. The predicted molar refractivity (Wildman–Crippen MR) is 125 cm³/mol.